The number of hydrogen-bond donors (Lipinski definition) is 1. The fraction of sp³-hybridized carbons (Fsp3) is 0.105. The summed E-state index contributed by atoms with van der Waals surface area (Å²) in [5, 5.41) is 7.27. The molecule has 6 nitrogen and oxygen atoms in total. The predicted molar refractivity (Wildman–Crippen MR) is 102 cm³/mol. The minimum atomic E-state index is -0.157. The number of hydrogen-bond acceptors (Lipinski definition) is 5. The van der Waals surface area contributed by atoms with E-state index in [-0.39, 0.29) is 11.7 Å². The van der Waals surface area contributed by atoms with Crippen LogP contribution in [0.15, 0.2) is 70.3 Å². The van der Waals surface area contributed by atoms with Crippen molar-refractivity contribution in [2.45, 2.75) is 12.1 Å². The van der Waals surface area contributed by atoms with Crippen molar-refractivity contribution in [2.75, 3.05) is 11.1 Å². The van der Waals surface area contributed by atoms with Crippen molar-refractivity contribution in [3.8, 4) is 5.69 Å². The second-order valence-corrected chi connectivity index (χ2v) is 6.66. The summed E-state index contributed by atoms with van der Waals surface area (Å²) in [6.07, 6.45) is 0. The molecule has 1 N–H and O–H groups in total. The number of thioether (sulfide) groups is 1. The van der Waals surface area contributed by atoms with Crippen LogP contribution in [-0.2, 0) is 4.79 Å². The van der Waals surface area contributed by atoms with Crippen LogP contribution in [0.1, 0.15) is 5.76 Å². The number of carbonyl (C=O) groups is 1. The van der Waals surface area contributed by atoms with E-state index in [9.17, 15) is 4.79 Å². The number of anilines is 1. The largest absolute Gasteiger partial charge is 0.360 e. The van der Waals surface area contributed by atoms with Crippen LogP contribution in [0.5, 0.6) is 0 Å². The van der Waals surface area contributed by atoms with Gasteiger partial charge in [0, 0.05) is 11.8 Å². The first-order valence-corrected chi connectivity index (χ1v) is 9.08. The number of amides is 1. The maximum atomic E-state index is 12.2. The van der Waals surface area contributed by atoms with E-state index < -0.39 is 0 Å². The lowest BCUT2D eigenvalue weighted by Crippen LogP contribution is -2.14. The average Bonchev–Trinajstić information content (AvgIpc) is 3.23. The maximum Gasteiger partial charge on any atom is 0.236 e. The number of aryl methyl sites for hydroxylation is 1. The number of nitrogens with one attached hydrogen (secondary N) is 1. The summed E-state index contributed by atoms with van der Waals surface area (Å²) < 4.78 is 7.02. The maximum absolute atomic E-state index is 12.2. The standard InChI is InChI=1S/C19H16N4O2S/c1-13-11-17(22-25-13)21-18(24)12-26-19-20-15-9-5-6-10-16(15)23(19)14-7-3-2-4-8-14/h2-11H,12H2,1H3,(H,21,22,24). The Labute approximate surface area is 154 Å². The zero-order valence-electron chi connectivity index (χ0n) is 14.0. The molecule has 0 saturated heterocycles. The molecular formula is C19H16N4O2S. The summed E-state index contributed by atoms with van der Waals surface area (Å²) in [5.41, 5.74) is 2.91. The highest BCUT2D eigenvalue weighted by molar-refractivity contribution is 7.99. The van der Waals surface area contributed by atoms with E-state index in [0.717, 1.165) is 21.9 Å². The van der Waals surface area contributed by atoms with Crippen molar-refractivity contribution < 1.29 is 9.32 Å². The fourth-order valence-corrected chi connectivity index (χ4v) is 3.49. The number of benzene rings is 2. The third-order valence-corrected chi connectivity index (χ3v) is 4.71. The minimum absolute atomic E-state index is 0.157. The monoisotopic (exact) mass is 364 g/mol. The van der Waals surface area contributed by atoms with Crippen LogP contribution < -0.4 is 5.32 Å². The number of imidazole rings is 1. The molecule has 0 aliphatic heterocycles. The fourth-order valence-electron chi connectivity index (χ4n) is 2.66. The van der Waals surface area contributed by atoms with Gasteiger partial charge in [-0.25, -0.2) is 4.98 Å². The van der Waals surface area contributed by atoms with E-state index in [1.54, 1.807) is 13.0 Å². The Hall–Kier alpha value is -3.06. The molecule has 0 saturated carbocycles. The third-order valence-electron chi connectivity index (χ3n) is 3.77. The van der Waals surface area contributed by atoms with E-state index in [0.29, 0.717) is 11.6 Å². The van der Waals surface area contributed by atoms with Crippen LogP contribution in [0.4, 0.5) is 5.82 Å². The van der Waals surface area contributed by atoms with Crippen molar-refractivity contribution in [1.82, 2.24) is 14.7 Å². The van der Waals surface area contributed by atoms with Crippen molar-refractivity contribution in [3.05, 3.63) is 66.4 Å². The Balaban J connectivity index is 1.59. The molecule has 4 rings (SSSR count). The molecule has 26 heavy (non-hydrogen) atoms. The zero-order valence-corrected chi connectivity index (χ0v) is 14.9. The summed E-state index contributed by atoms with van der Waals surface area (Å²) >= 11 is 1.38. The Morgan fingerprint density at radius 3 is 2.69 bits per heavy atom. The number of nitrogens with zero attached hydrogens (tertiary/aromatic N) is 3. The molecule has 4 aromatic rings. The van der Waals surface area contributed by atoms with Gasteiger partial charge in [-0.1, -0.05) is 47.3 Å². The van der Waals surface area contributed by atoms with Crippen LogP contribution in [0.2, 0.25) is 0 Å². The lowest BCUT2D eigenvalue weighted by Gasteiger charge is -2.08. The predicted octanol–water partition coefficient (Wildman–Crippen LogP) is 4.05. The Morgan fingerprint density at radius 1 is 1.15 bits per heavy atom. The molecule has 2 heterocycles. The smallest absolute Gasteiger partial charge is 0.236 e. The molecule has 130 valence electrons. The number of para-hydroxylation sites is 3. The first-order valence-electron chi connectivity index (χ1n) is 8.09. The number of fused-ring (bicyclic) bond motifs is 1. The molecule has 1 amide bonds. The van der Waals surface area contributed by atoms with E-state index >= 15 is 0 Å². The van der Waals surface area contributed by atoms with E-state index in [1.807, 2.05) is 54.6 Å². The van der Waals surface area contributed by atoms with Crippen LogP contribution >= 0.6 is 11.8 Å². The summed E-state index contributed by atoms with van der Waals surface area (Å²) in [6.45, 7) is 1.78. The normalized spacial score (nSPS) is 11.0. The number of rotatable bonds is 5. The lowest BCUT2D eigenvalue weighted by molar-refractivity contribution is -0.113. The highest BCUT2D eigenvalue weighted by atomic mass is 32.2. The summed E-state index contributed by atoms with van der Waals surface area (Å²) in [4.78, 5) is 16.9. The molecule has 0 aliphatic rings. The van der Waals surface area contributed by atoms with Gasteiger partial charge in [0.25, 0.3) is 0 Å². The first kappa shape index (κ1) is 16.4. The van der Waals surface area contributed by atoms with Crippen molar-refractivity contribution in [1.29, 1.82) is 0 Å². The summed E-state index contributed by atoms with van der Waals surface area (Å²) in [6, 6.07) is 19.6. The van der Waals surface area contributed by atoms with Gasteiger partial charge in [-0.2, -0.15) is 0 Å². The van der Waals surface area contributed by atoms with Gasteiger partial charge in [0.2, 0.25) is 5.91 Å². The first-order chi connectivity index (χ1) is 12.7. The van der Waals surface area contributed by atoms with E-state index in [1.165, 1.54) is 11.8 Å². The van der Waals surface area contributed by atoms with E-state index in [2.05, 4.69) is 20.0 Å². The molecule has 2 aromatic heterocycles. The van der Waals surface area contributed by atoms with Crippen molar-refractivity contribution >= 4 is 34.5 Å². The Kier molecular flexibility index (Phi) is 4.45. The lowest BCUT2D eigenvalue weighted by atomic mass is 10.3. The number of aromatic nitrogens is 3. The van der Waals surface area contributed by atoms with Gasteiger partial charge in [0.15, 0.2) is 11.0 Å². The van der Waals surface area contributed by atoms with Crippen LogP contribution in [0, 0.1) is 6.92 Å². The Morgan fingerprint density at radius 2 is 1.92 bits per heavy atom. The molecule has 0 radical (unpaired) electrons. The van der Waals surface area contributed by atoms with Gasteiger partial charge in [0.05, 0.1) is 16.8 Å². The molecule has 0 bridgehead atoms. The molecule has 0 spiro atoms. The molecule has 7 heteroatoms. The van der Waals surface area contributed by atoms with Crippen LogP contribution in [-0.4, -0.2) is 26.4 Å². The Bertz CT molecular complexity index is 1060. The summed E-state index contributed by atoms with van der Waals surface area (Å²) in [5.74, 6) is 1.14. The van der Waals surface area contributed by atoms with Crippen molar-refractivity contribution in [2.24, 2.45) is 0 Å². The molecule has 0 aliphatic carbocycles. The quantitative estimate of drug-likeness (QED) is 0.541. The number of carbonyl (C=O) groups excluding carboxylic acids is 1. The highest BCUT2D eigenvalue weighted by Crippen LogP contribution is 2.28. The van der Waals surface area contributed by atoms with Gasteiger partial charge >= 0.3 is 0 Å². The van der Waals surface area contributed by atoms with Gasteiger partial charge in [-0.15, -0.1) is 0 Å². The van der Waals surface area contributed by atoms with Gasteiger partial charge in [-0.3, -0.25) is 9.36 Å². The van der Waals surface area contributed by atoms with E-state index in [4.69, 9.17) is 4.52 Å². The molecular weight excluding hydrogens is 348 g/mol. The van der Waals surface area contributed by atoms with Crippen LogP contribution in [0.3, 0.4) is 0 Å². The topological polar surface area (TPSA) is 73.0 Å². The average molecular weight is 364 g/mol. The van der Waals surface area contributed by atoms with Gasteiger partial charge in [0.1, 0.15) is 5.76 Å². The molecule has 0 fully saturated rings. The van der Waals surface area contributed by atoms with Gasteiger partial charge < -0.3 is 9.84 Å². The molecule has 0 atom stereocenters. The van der Waals surface area contributed by atoms with Gasteiger partial charge in [-0.05, 0) is 31.2 Å². The third kappa shape index (κ3) is 3.34. The second-order valence-electron chi connectivity index (χ2n) is 5.71. The van der Waals surface area contributed by atoms with Crippen molar-refractivity contribution in [3.63, 3.8) is 0 Å². The molecule has 0 unspecified atom stereocenters. The summed E-state index contributed by atoms with van der Waals surface area (Å²) in [7, 11) is 0. The zero-order chi connectivity index (χ0) is 17.9. The highest BCUT2D eigenvalue weighted by Gasteiger charge is 2.15. The minimum Gasteiger partial charge on any atom is -0.360 e. The SMILES string of the molecule is Cc1cc(NC(=O)CSc2nc3ccccc3n2-c2ccccc2)no1. The second kappa shape index (κ2) is 7.05. The molecule has 2 aromatic carbocycles. The van der Waals surface area contributed by atoms with Crippen LogP contribution in [0.25, 0.3) is 16.7 Å².